The predicted molar refractivity (Wildman–Crippen MR) is 75.4 cm³/mol. The molecule has 0 spiro atoms. The van der Waals surface area contributed by atoms with E-state index in [9.17, 15) is 13.2 Å². The molecule has 0 saturated carbocycles. The third-order valence-electron chi connectivity index (χ3n) is 1.57. The van der Waals surface area contributed by atoms with Gasteiger partial charge >= 0.3 is 15.3 Å². The van der Waals surface area contributed by atoms with E-state index < -0.39 is 21.1 Å². The molecule has 0 atom stereocenters. The van der Waals surface area contributed by atoms with Crippen molar-refractivity contribution in [2.24, 2.45) is 0 Å². The van der Waals surface area contributed by atoms with Gasteiger partial charge in [-0.1, -0.05) is 58.0 Å². The van der Waals surface area contributed by atoms with Crippen molar-refractivity contribution in [2.45, 2.75) is 0 Å². The molecule has 1 aromatic rings. The van der Waals surface area contributed by atoms with Gasteiger partial charge < -0.3 is 4.74 Å². The third-order valence-corrected chi connectivity index (χ3v) is 4.45. The van der Waals surface area contributed by atoms with Crippen LogP contribution in [-0.4, -0.2) is 14.5 Å². The van der Waals surface area contributed by atoms with Crippen LogP contribution in [0.5, 0.6) is 5.75 Å². The maximum Gasteiger partial charge on any atom is 0.427 e. The van der Waals surface area contributed by atoms with Crippen LogP contribution in [0.25, 0.3) is 0 Å². The van der Waals surface area contributed by atoms with Crippen LogP contribution < -0.4 is 9.46 Å². The predicted octanol–water partition coefficient (Wildman–Crippen LogP) is 4.53. The van der Waals surface area contributed by atoms with Gasteiger partial charge in [-0.15, -0.1) is 0 Å². The molecule has 0 aromatic heterocycles. The SMILES string of the molecule is O=C(NS(=O)(=O)Cl)Oc1c(Cl)c(Cl)c(Cl)c(Cl)c1Cl. The number of hydrogen-bond acceptors (Lipinski definition) is 4. The summed E-state index contributed by atoms with van der Waals surface area (Å²) in [5.74, 6) is -0.458. The minimum absolute atomic E-state index is 0.143. The quantitative estimate of drug-likeness (QED) is 0.444. The van der Waals surface area contributed by atoms with Gasteiger partial charge in [-0.05, 0) is 0 Å². The van der Waals surface area contributed by atoms with Crippen molar-refractivity contribution in [1.82, 2.24) is 4.72 Å². The number of halogens is 6. The Labute approximate surface area is 137 Å². The maximum absolute atomic E-state index is 11.2. The number of ether oxygens (including phenoxy) is 1. The number of nitrogens with one attached hydrogen (secondary N) is 1. The van der Waals surface area contributed by atoms with E-state index in [1.54, 1.807) is 0 Å². The van der Waals surface area contributed by atoms with E-state index in [1.807, 2.05) is 0 Å². The van der Waals surface area contributed by atoms with E-state index in [-0.39, 0.29) is 25.1 Å². The van der Waals surface area contributed by atoms with Gasteiger partial charge in [0, 0.05) is 10.7 Å². The zero-order chi connectivity index (χ0) is 15.0. The summed E-state index contributed by atoms with van der Waals surface area (Å²) >= 11 is 28.6. The highest BCUT2D eigenvalue weighted by Gasteiger charge is 2.23. The fraction of sp³-hybridized carbons (Fsp3) is 0. The molecular formula is C7HCl6NO4S. The number of carbonyl (C=O) groups is 1. The molecule has 0 aliphatic rings. The molecule has 0 unspecified atom stereocenters. The van der Waals surface area contributed by atoms with Crippen molar-refractivity contribution in [2.75, 3.05) is 0 Å². The van der Waals surface area contributed by atoms with E-state index in [0.717, 1.165) is 0 Å². The Bertz CT molecular complexity index is 616. The lowest BCUT2D eigenvalue weighted by molar-refractivity contribution is 0.207. The summed E-state index contributed by atoms with van der Waals surface area (Å²) in [4.78, 5) is 11.2. The van der Waals surface area contributed by atoms with Gasteiger partial charge in [0.25, 0.3) is 0 Å². The molecule has 0 bridgehead atoms. The number of rotatable bonds is 2. The number of carbonyl (C=O) groups excluding carboxylic acids is 1. The lowest BCUT2D eigenvalue weighted by Crippen LogP contribution is -2.29. The van der Waals surface area contributed by atoms with Crippen LogP contribution in [0.3, 0.4) is 0 Å². The molecule has 1 aromatic carbocycles. The van der Waals surface area contributed by atoms with E-state index in [4.69, 9.17) is 68.7 Å². The van der Waals surface area contributed by atoms with E-state index >= 15 is 0 Å². The molecule has 12 heteroatoms. The smallest absolute Gasteiger partial charge is 0.406 e. The van der Waals surface area contributed by atoms with Crippen molar-refractivity contribution >= 4 is 84.0 Å². The lowest BCUT2D eigenvalue weighted by atomic mass is 10.3. The highest BCUT2D eigenvalue weighted by molar-refractivity contribution is 8.12. The summed E-state index contributed by atoms with van der Waals surface area (Å²) in [6.07, 6.45) is -1.45. The molecule has 0 aliphatic carbocycles. The zero-order valence-electron chi connectivity index (χ0n) is 8.31. The summed E-state index contributed by atoms with van der Waals surface area (Å²) < 4.78 is 27.1. The van der Waals surface area contributed by atoms with Crippen LogP contribution in [-0.2, 0) is 9.24 Å². The second-order valence-electron chi connectivity index (χ2n) is 2.83. The Morgan fingerprint density at radius 1 is 0.895 bits per heavy atom. The van der Waals surface area contributed by atoms with Crippen molar-refractivity contribution in [1.29, 1.82) is 0 Å². The maximum atomic E-state index is 11.2. The first kappa shape index (κ1) is 17.2. The first-order valence-electron chi connectivity index (χ1n) is 4.00. The van der Waals surface area contributed by atoms with E-state index in [1.165, 1.54) is 4.72 Å². The minimum atomic E-state index is -4.33. The van der Waals surface area contributed by atoms with Gasteiger partial charge in [0.2, 0.25) is 0 Å². The minimum Gasteiger partial charge on any atom is -0.406 e. The van der Waals surface area contributed by atoms with Gasteiger partial charge in [0.05, 0.1) is 15.1 Å². The fourth-order valence-electron chi connectivity index (χ4n) is 0.887. The van der Waals surface area contributed by atoms with Crippen molar-refractivity contribution in [3.05, 3.63) is 25.1 Å². The molecule has 0 fully saturated rings. The average molecular weight is 408 g/mol. The Hall–Kier alpha value is 0.180. The summed E-state index contributed by atoms with van der Waals surface area (Å²) in [5, 5.41) is -1.20. The number of amides is 1. The average Bonchev–Trinajstić information content (AvgIpc) is 2.27. The summed E-state index contributed by atoms with van der Waals surface area (Å²) in [6, 6.07) is 0. The molecule has 0 saturated heterocycles. The molecule has 5 nitrogen and oxygen atoms in total. The van der Waals surface area contributed by atoms with Crippen LogP contribution in [0.4, 0.5) is 4.79 Å². The van der Waals surface area contributed by atoms with Crippen molar-refractivity contribution in [3.8, 4) is 5.75 Å². The first-order chi connectivity index (χ1) is 8.54. The highest BCUT2D eigenvalue weighted by Crippen LogP contribution is 2.48. The molecule has 19 heavy (non-hydrogen) atoms. The normalized spacial score (nSPS) is 11.3. The molecule has 1 amide bonds. The molecule has 0 aliphatic heterocycles. The van der Waals surface area contributed by atoms with Crippen molar-refractivity contribution in [3.63, 3.8) is 0 Å². The van der Waals surface area contributed by atoms with Crippen LogP contribution in [0.1, 0.15) is 0 Å². The summed E-state index contributed by atoms with van der Waals surface area (Å²) in [6.45, 7) is 0. The molecular weight excluding hydrogens is 407 g/mol. The van der Waals surface area contributed by atoms with Gasteiger partial charge in [-0.2, -0.15) is 8.42 Å². The Kier molecular flexibility index (Phi) is 5.72. The number of hydrogen-bond donors (Lipinski definition) is 1. The zero-order valence-corrected chi connectivity index (χ0v) is 13.7. The van der Waals surface area contributed by atoms with Crippen LogP contribution >= 0.6 is 68.7 Å². The van der Waals surface area contributed by atoms with Gasteiger partial charge in [-0.25, -0.2) is 9.52 Å². The molecule has 1 N–H and O–H groups in total. The summed E-state index contributed by atoms with van der Waals surface area (Å²) in [5.41, 5.74) is 0. The largest absolute Gasteiger partial charge is 0.427 e. The molecule has 0 heterocycles. The van der Waals surface area contributed by atoms with E-state index in [2.05, 4.69) is 4.74 Å². The van der Waals surface area contributed by atoms with E-state index in [0.29, 0.717) is 0 Å². The van der Waals surface area contributed by atoms with Crippen molar-refractivity contribution < 1.29 is 17.9 Å². The van der Waals surface area contributed by atoms with Crippen LogP contribution in [0.2, 0.25) is 25.1 Å². The lowest BCUT2D eigenvalue weighted by Gasteiger charge is -2.12. The third kappa shape index (κ3) is 4.32. The monoisotopic (exact) mass is 405 g/mol. The fourth-order valence-corrected chi connectivity index (χ4v) is 2.52. The topological polar surface area (TPSA) is 72.5 Å². The second kappa shape index (κ2) is 6.30. The highest BCUT2D eigenvalue weighted by atomic mass is 35.7. The summed E-state index contributed by atoms with van der Waals surface area (Å²) in [7, 11) is 0.455. The Balaban J connectivity index is 3.20. The van der Waals surface area contributed by atoms with Gasteiger partial charge in [0.1, 0.15) is 10.0 Å². The molecule has 1 rings (SSSR count). The standard InChI is InChI=1S/C7HCl6NO4S/c8-1-2(9)4(11)6(5(12)3(1)10)18-7(15)14-19(13,16)17/h(H,14,15). The van der Waals surface area contributed by atoms with Gasteiger partial charge in [-0.3, -0.25) is 0 Å². The van der Waals surface area contributed by atoms with Crippen LogP contribution in [0, 0.1) is 0 Å². The Morgan fingerprint density at radius 2 is 1.26 bits per heavy atom. The van der Waals surface area contributed by atoms with Crippen LogP contribution in [0.15, 0.2) is 0 Å². The molecule has 0 radical (unpaired) electrons. The Morgan fingerprint density at radius 3 is 1.63 bits per heavy atom. The first-order valence-corrected chi connectivity index (χ1v) is 8.20. The number of benzene rings is 1. The second-order valence-corrected chi connectivity index (χ2v) is 7.02. The van der Waals surface area contributed by atoms with Gasteiger partial charge in [0.15, 0.2) is 5.75 Å². The molecule has 106 valence electrons.